The van der Waals surface area contributed by atoms with Gasteiger partial charge in [0.25, 0.3) is 0 Å². The molecule has 0 heterocycles. The Morgan fingerprint density at radius 3 is 2.38 bits per heavy atom. The Labute approximate surface area is 77.3 Å². The minimum atomic E-state index is -0.376. The zero-order valence-electron chi connectivity index (χ0n) is 8.06. The summed E-state index contributed by atoms with van der Waals surface area (Å²) in [5, 5.41) is 0. The summed E-state index contributed by atoms with van der Waals surface area (Å²) in [5.41, 5.74) is 0.819. The Morgan fingerprint density at radius 1 is 1.23 bits per heavy atom. The van der Waals surface area contributed by atoms with Crippen LogP contribution in [0.15, 0.2) is 12.1 Å². The molecule has 0 unspecified atom stereocenters. The van der Waals surface area contributed by atoms with Crippen molar-refractivity contribution in [2.24, 2.45) is 0 Å². The maximum Gasteiger partial charge on any atom is 0.169 e. The van der Waals surface area contributed by atoms with Gasteiger partial charge in [-0.25, -0.2) is 4.39 Å². The third-order valence-corrected chi connectivity index (χ3v) is 1.91. The molecule has 0 N–H and O–H groups in total. The first-order chi connectivity index (χ1) is 6.22. The summed E-state index contributed by atoms with van der Waals surface area (Å²) in [5.74, 6) is 0.456. The van der Waals surface area contributed by atoms with Crippen LogP contribution < -0.4 is 9.47 Å². The van der Waals surface area contributed by atoms with Gasteiger partial charge in [0.2, 0.25) is 0 Å². The van der Waals surface area contributed by atoms with Crippen LogP contribution in [0.3, 0.4) is 0 Å². The van der Waals surface area contributed by atoms with E-state index in [0.29, 0.717) is 11.5 Å². The highest BCUT2D eigenvalue weighted by Gasteiger charge is 2.09. The van der Waals surface area contributed by atoms with Crippen molar-refractivity contribution in [1.29, 1.82) is 0 Å². The highest BCUT2D eigenvalue weighted by molar-refractivity contribution is 5.41. The highest BCUT2D eigenvalue weighted by Crippen LogP contribution is 2.28. The van der Waals surface area contributed by atoms with E-state index in [0.717, 1.165) is 12.0 Å². The van der Waals surface area contributed by atoms with Crippen molar-refractivity contribution in [2.45, 2.75) is 13.3 Å². The molecule has 0 fully saturated rings. The predicted molar refractivity (Wildman–Crippen MR) is 48.9 cm³/mol. The number of rotatable bonds is 3. The van der Waals surface area contributed by atoms with Gasteiger partial charge < -0.3 is 9.47 Å². The summed E-state index contributed by atoms with van der Waals surface area (Å²) in [7, 11) is 2.98. The first-order valence-electron chi connectivity index (χ1n) is 4.13. The molecule has 72 valence electrons. The normalized spacial score (nSPS) is 9.85. The molecule has 0 radical (unpaired) electrons. The van der Waals surface area contributed by atoms with E-state index in [1.165, 1.54) is 20.3 Å². The number of ether oxygens (including phenoxy) is 2. The van der Waals surface area contributed by atoms with Crippen LogP contribution >= 0.6 is 0 Å². The number of hydrogen-bond donors (Lipinski definition) is 0. The van der Waals surface area contributed by atoms with Crippen LogP contribution in [0.4, 0.5) is 4.39 Å². The lowest BCUT2D eigenvalue weighted by Crippen LogP contribution is -1.96. The van der Waals surface area contributed by atoms with Gasteiger partial charge in [-0.1, -0.05) is 6.92 Å². The summed E-state index contributed by atoms with van der Waals surface area (Å²) in [6.07, 6.45) is 0.720. The van der Waals surface area contributed by atoms with Crippen molar-refractivity contribution in [1.82, 2.24) is 0 Å². The first kappa shape index (κ1) is 9.84. The van der Waals surface area contributed by atoms with Gasteiger partial charge in [-0.15, -0.1) is 0 Å². The minimum absolute atomic E-state index is 0.309. The Morgan fingerprint density at radius 2 is 1.92 bits per heavy atom. The van der Waals surface area contributed by atoms with E-state index >= 15 is 0 Å². The summed E-state index contributed by atoms with van der Waals surface area (Å²) in [6.45, 7) is 1.94. The second-order valence-electron chi connectivity index (χ2n) is 2.66. The fourth-order valence-corrected chi connectivity index (χ4v) is 1.23. The SMILES string of the molecule is CCc1cc(OC)cc(F)c1OC. The van der Waals surface area contributed by atoms with Crippen LogP contribution in [0, 0.1) is 5.82 Å². The van der Waals surface area contributed by atoms with Gasteiger partial charge in [-0.2, -0.15) is 0 Å². The van der Waals surface area contributed by atoms with Crippen LogP contribution in [0.1, 0.15) is 12.5 Å². The molecular formula is C10H13FO2. The smallest absolute Gasteiger partial charge is 0.169 e. The molecule has 0 aliphatic carbocycles. The van der Waals surface area contributed by atoms with Crippen LogP contribution in [0.2, 0.25) is 0 Å². The lowest BCUT2D eigenvalue weighted by Gasteiger charge is -2.09. The van der Waals surface area contributed by atoms with E-state index in [2.05, 4.69) is 0 Å². The highest BCUT2D eigenvalue weighted by atomic mass is 19.1. The van der Waals surface area contributed by atoms with Crippen molar-refractivity contribution in [2.75, 3.05) is 14.2 Å². The van der Waals surface area contributed by atoms with Crippen molar-refractivity contribution in [3.05, 3.63) is 23.5 Å². The lowest BCUT2D eigenvalue weighted by atomic mass is 10.1. The molecule has 0 spiro atoms. The van der Waals surface area contributed by atoms with Crippen molar-refractivity contribution in [3.8, 4) is 11.5 Å². The molecule has 3 heteroatoms. The fourth-order valence-electron chi connectivity index (χ4n) is 1.23. The monoisotopic (exact) mass is 184 g/mol. The molecule has 1 aromatic rings. The zero-order valence-corrected chi connectivity index (χ0v) is 8.06. The average Bonchev–Trinajstić information content (AvgIpc) is 2.16. The number of hydrogen-bond acceptors (Lipinski definition) is 2. The van der Waals surface area contributed by atoms with Gasteiger partial charge in [-0.05, 0) is 12.5 Å². The van der Waals surface area contributed by atoms with Crippen LogP contribution in [0.25, 0.3) is 0 Å². The maximum absolute atomic E-state index is 13.3. The van der Waals surface area contributed by atoms with Crippen molar-refractivity contribution in [3.63, 3.8) is 0 Å². The Kier molecular flexibility index (Phi) is 3.12. The standard InChI is InChI=1S/C10H13FO2/c1-4-7-5-8(12-2)6-9(11)10(7)13-3/h5-6H,4H2,1-3H3. The van der Waals surface area contributed by atoms with Gasteiger partial charge in [0, 0.05) is 11.6 Å². The van der Waals surface area contributed by atoms with E-state index in [-0.39, 0.29) is 5.82 Å². The van der Waals surface area contributed by atoms with E-state index in [4.69, 9.17) is 9.47 Å². The van der Waals surface area contributed by atoms with E-state index in [1.807, 2.05) is 6.92 Å². The summed E-state index contributed by atoms with van der Waals surface area (Å²) in [6, 6.07) is 3.10. The molecule has 0 saturated heterocycles. The predicted octanol–water partition coefficient (Wildman–Crippen LogP) is 2.41. The second kappa shape index (κ2) is 4.12. The molecule has 0 aliphatic heterocycles. The number of aryl methyl sites for hydroxylation is 1. The molecule has 2 nitrogen and oxygen atoms in total. The summed E-state index contributed by atoms with van der Waals surface area (Å²) in [4.78, 5) is 0. The van der Waals surface area contributed by atoms with E-state index in [9.17, 15) is 4.39 Å². The Hall–Kier alpha value is -1.25. The van der Waals surface area contributed by atoms with Crippen LogP contribution in [-0.4, -0.2) is 14.2 Å². The second-order valence-corrected chi connectivity index (χ2v) is 2.66. The topological polar surface area (TPSA) is 18.5 Å². The van der Waals surface area contributed by atoms with Crippen molar-refractivity contribution < 1.29 is 13.9 Å². The minimum Gasteiger partial charge on any atom is -0.497 e. The van der Waals surface area contributed by atoms with Gasteiger partial charge in [0.15, 0.2) is 11.6 Å². The Bertz CT molecular complexity index is 297. The van der Waals surface area contributed by atoms with Gasteiger partial charge in [-0.3, -0.25) is 0 Å². The van der Waals surface area contributed by atoms with E-state index in [1.54, 1.807) is 6.07 Å². The third kappa shape index (κ3) is 1.91. The molecule has 0 saturated carbocycles. The summed E-state index contributed by atoms with van der Waals surface area (Å²) < 4.78 is 23.2. The average molecular weight is 184 g/mol. The van der Waals surface area contributed by atoms with Gasteiger partial charge in [0.1, 0.15) is 5.75 Å². The molecule has 1 aromatic carbocycles. The molecule has 0 bridgehead atoms. The quantitative estimate of drug-likeness (QED) is 0.718. The number of halogens is 1. The fraction of sp³-hybridized carbons (Fsp3) is 0.400. The number of benzene rings is 1. The zero-order chi connectivity index (χ0) is 9.84. The molecule has 0 amide bonds. The number of methoxy groups -OCH3 is 2. The van der Waals surface area contributed by atoms with Crippen LogP contribution in [-0.2, 0) is 6.42 Å². The molecule has 13 heavy (non-hydrogen) atoms. The lowest BCUT2D eigenvalue weighted by molar-refractivity contribution is 0.372. The first-order valence-corrected chi connectivity index (χ1v) is 4.13. The molecule has 0 aromatic heterocycles. The third-order valence-electron chi connectivity index (χ3n) is 1.91. The van der Waals surface area contributed by atoms with Gasteiger partial charge in [0.05, 0.1) is 14.2 Å². The summed E-state index contributed by atoms with van der Waals surface area (Å²) >= 11 is 0. The Balaban J connectivity index is 3.20. The molecular weight excluding hydrogens is 171 g/mol. The van der Waals surface area contributed by atoms with Crippen molar-refractivity contribution >= 4 is 0 Å². The maximum atomic E-state index is 13.3. The molecule has 0 atom stereocenters. The van der Waals surface area contributed by atoms with Gasteiger partial charge >= 0.3 is 0 Å². The van der Waals surface area contributed by atoms with E-state index < -0.39 is 0 Å². The van der Waals surface area contributed by atoms with Crippen LogP contribution in [0.5, 0.6) is 11.5 Å². The largest absolute Gasteiger partial charge is 0.497 e. The molecule has 0 aliphatic rings. The molecule has 1 rings (SSSR count).